The van der Waals surface area contributed by atoms with Crippen molar-refractivity contribution in [2.45, 2.75) is 27.7 Å². The lowest BCUT2D eigenvalue weighted by Crippen LogP contribution is -2.01. The van der Waals surface area contributed by atoms with Crippen LogP contribution in [0.4, 0.5) is 0 Å². The number of carbonyl (C=O) groups excluding carboxylic acids is 1. The van der Waals surface area contributed by atoms with Crippen molar-refractivity contribution in [1.29, 1.82) is 0 Å². The standard InChI is InChI=1S/C15H16ClNO/c1-9-5-6-13(8-15(9)16)17-10(2)7-14(11(17)3)12(4)18/h5-8H,1-4H3. The van der Waals surface area contributed by atoms with Crippen molar-refractivity contribution >= 4 is 17.4 Å². The van der Waals surface area contributed by atoms with E-state index in [1.807, 2.05) is 45.0 Å². The van der Waals surface area contributed by atoms with Gasteiger partial charge in [-0.15, -0.1) is 0 Å². The van der Waals surface area contributed by atoms with E-state index in [-0.39, 0.29) is 5.78 Å². The zero-order valence-electron chi connectivity index (χ0n) is 11.0. The molecule has 18 heavy (non-hydrogen) atoms. The molecule has 0 radical (unpaired) electrons. The zero-order chi connectivity index (χ0) is 13.4. The molecule has 0 saturated carbocycles. The fourth-order valence-corrected chi connectivity index (χ4v) is 2.41. The third-order valence-corrected chi connectivity index (χ3v) is 3.63. The molecule has 1 aromatic carbocycles. The van der Waals surface area contributed by atoms with Crippen LogP contribution in [-0.2, 0) is 0 Å². The summed E-state index contributed by atoms with van der Waals surface area (Å²) in [5.41, 5.74) is 4.81. The Bertz CT molecular complexity index is 626. The van der Waals surface area contributed by atoms with Crippen LogP contribution in [0.2, 0.25) is 5.02 Å². The van der Waals surface area contributed by atoms with Crippen molar-refractivity contribution in [3.63, 3.8) is 0 Å². The molecule has 94 valence electrons. The van der Waals surface area contributed by atoms with Gasteiger partial charge in [0, 0.05) is 27.7 Å². The quantitative estimate of drug-likeness (QED) is 0.741. The predicted octanol–water partition coefficient (Wildman–Crippen LogP) is 4.26. The molecule has 0 atom stereocenters. The highest BCUT2D eigenvalue weighted by Crippen LogP contribution is 2.25. The molecule has 0 saturated heterocycles. The summed E-state index contributed by atoms with van der Waals surface area (Å²) in [6.45, 7) is 7.52. The van der Waals surface area contributed by atoms with Crippen LogP contribution in [0.25, 0.3) is 5.69 Å². The van der Waals surface area contributed by atoms with E-state index < -0.39 is 0 Å². The number of carbonyl (C=O) groups is 1. The number of hydrogen-bond acceptors (Lipinski definition) is 1. The number of aryl methyl sites for hydroxylation is 2. The first-order valence-corrected chi connectivity index (χ1v) is 6.26. The highest BCUT2D eigenvalue weighted by atomic mass is 35.5. The van der Waals surface area contributed by atoms with Crippen LogP contribution in [0, 0.1) is 20.8 Å². The van der Waals surface area contributed by atoms with Crippen LogP contribution in [-0.4, -0.2) is 10.4 Å². The lowest BCUT2D eigenvalue weighted by molar-refractivity contribution is 0.101. The fourth-order valence-electron chi connectivity index (χ4n) is 2.24. The van der Waals surface area contributed by atoms with Crippen LogP contribution in [0.15, 0.2) is 24.3 Å². The summed E-state index contributed by atoms with van der Waals surface area (Å²) in [5.74, 6) is 0.0903. The minimum absolute atomic E-state index is 0.0903. The molecule has 0 spiro atoms. The van der Waals surface area contributed by atoms with Crippen LogP contribution in [0.5, 0.6) is 0 Å². The third kappa shape index (κ3) is 2.08. The van der Waals surface area contributed by atoms with Gasteiger partial charge >= 0.3 is 0 Å². The fraction of sp³-hybridized carbons (Fsp3) is 0.267. The Labute approximate surface area is 112 Å². The molecule has 1 aromatic heterocycles. The van der Waals surface area contributed by atoms with Crippen LogP contribution < -0.4 is 0 Å². The number of nitrogens with zero attached hydrogens (tertiary/aromatic N) is 1. The van der Waals surface area contributed by atoms with Gasteiger partial charge in [0.25, 0.3) is 0 Å². The second-order valence-electron chi connectivity index (χ2n) is 4.61. The van der Waals surface area contributed by atoms with Crippen molar-refractivity contribution in [3.8, 4) is 5.69 Å². The molecule has 0 aliphatic carbocycles. The average Bonchev–Trinajstić information content (AvgIpc) is 2.59. The summed E-state index contributed by atoms with van der Waals surface area (Å²) in [4.78, 5) is 11.5. The van der Waals surface area contributed by atoms with Gasteiger partial charge in [0.1, 0.15) is 0 Å². The first kappa shape index (κ1) is 12.9. The summed E-state index contributed by atoms with van der Waals surface area (Å²) in [7, 11) is 0. The summed E-state index contributed by atoms with van der Waals surface area (Å²) in [6, 6.07) is 7.86. The van der Waals surface area contributed by atoms with E-state index in [4.69, 9.17) is 11.6 Å². The maximum Gasteiger partial charge on any atom is 0.161 e. The molecule has 0 N–H and O–H groups in total. The van der Waals surface area contributed by atoms with Gasteiger partial charge in [-0.1, -0.05) is 17.7 Å². The zero-order valence-corrected chi connectivity index (χ0v) is 11.8. The number of hydrogen-bond donors (Lipinski definition) is 0. The minimum Gasteiger partial charge on any atom is -0.318 e. The first-order valence-electron chi connectivity index (χ1n) is 5.88. The third-order valence-electron chi connectivity index (χ3n) is 3.22. The molecule has 0 fully saturated rings. The summed E-state index contributed by atoms with van der Waals surface area (Å²) in [6.07, 6.45) is 0. The maximum absolute atomic E-state index is 11.5. The predicted molar refractivity (Wildman–Crippen MR) is 75.0 cm³/mol. The maximum atomic E-state index is 11.5. The van der Waals surface area contributed by atoms with Gasteiger partial charge in [0.15, 0.2) is 5.78 Å². The van der Waals surface area contributed by atoms with Crippen molar-refractivity contribution in [3.05, 3.63) is 51.8 Å². The summed E-state index contributed by atoms with van der Waals surface area (Å²) in [5, 5.41) is 0.740. The number of rotatable bonds is 2. The van der Waals surface area contributed by atoms with Crippen LogP contribution in [0.1, 0.15) is 34.2 Å². The van der Waals surface area contributed by atoms with Crippen molar-refractivity contribution in [1.82, 2.24) is 4.57 Å². The Balaban J connectivity index is 2.64. The van der Waals surface area contributed by atoms with E-state index in [0.29, 0.717) is 0 Å². The lowest BCUT2D eigenvalue weighted by atomic mass is 10.2. The number of benzene rings is 1. The van der Waals surface area contributed by atoms with E-state index in [1.165, 1.54) is 0 Å². The Morgan fingerprint density at radius 1 is 1.17 bits per heavy atom. The molecule has 1 heterocycles. The van der Waals surface area contributed by atoms with Crippen LogP contribution in [0.3, 0.4) is 0 Å². The molecular formula is C15H16ClNO. The molecule has 0 aliphatic heterocycles. The van der Waals surface area contributed by atoms with Crippen LogP contribution >= 0.6 is 11.6 Å². The van der Waals surface area contributed by atoms with E-state index in [1.54, 1.807) is 6.92 Å². The van der Waals surface area contributed by atoms with Gasteiger partial charge in [0.2, 0.25) is 0 Å². The molecular weight excluding hydrogens is 246 g/mol. The Morgan fingerprint density at radius 2 is 1.83 bits per heavy atom. The van der Waals surface area contributed by atoms with Gasteiger partial charge in [-0.25, -0.2) is 0 Å². The van der Waals surface area contributed by atoms with Gasteiger partial charge in [-0.05, 0) is 51.5 Å². The molecule has 3 heteroatoms. The van der Waals surface area contributed by atoms with Gasteiger partial charge in [-0.2, -0.15) is 0 Å². The largest absolute Gasteiger partial charge is 0.318 e. The van der Waals surface area contributed by atoms with Crippen molar-refractivity contribution in [2.75, 3.05) is 0 Å². The monoisotopic (exact) mass is 261 g/mol. The van der Waals surface area contributed by atoms with Crippen molar-refractivity contribution in [2.24, 2.45) is 0 Å². The summed E-state index contributed by atoms with van der Waals surface area (Å²) < 4.78 is 2.06. The molecule has 2 rings (SSSR count). The number of aromatic nitrogens is 1. The smallest absolute Gasteiger partial charge is 0.161 e. The Morgan fingerprint density at radius 3 is 2.33 bits per heavy atom. The summed E-state index contributed by atoms with van der Waals surface area (Å²) >= 11 is 6.16. The van der Waals surface area contributed by atoms with E-state index in [9.17, 15) is 4.79 Å². The molecule has 0 aliphatic rings. The number of halogens is 1. The molecule has 0 unspecified atom stereocenters. The van der Waals surface area contributed by atoms with Gasteiger partial charge in [0.05, 0.1) is 0 Å². The molecule has 2 nitrogen and oxygen atoms in total. The van der Waals surface area contributed by atoms with E-state index >= 15 is 0 Å². The van der Waals surface area contributed by atoms with Gasteiger partial charge < -0.3 is 4.57 Å². The highest BCUT2D eigenvalue weighted by molar-refractivity contribution is 6.31. The van der Waals surface area contributed by atoms with Gasteiger partial charge in [-0.3, -0.25) is 4.79 Å². The SMILES string of the molecule is CC(=O)c1cc(C)n(-c2ccc(C)c(Cl)c2)c1C. The second-order valence-corrected chi connectivity index (χ2v) is 5.02. The molecule has 0 amide bonds. The Hall–Kier alpha value is -1.54. The van der Waals surface area contributed by atoms with Crippen molar-refractivity contribution < 1.29 is 4.79 Å². The molecule has 0 bridgehead atoms. The lowest BCUT2D eigenvalue weighted by Gasteiger charge is -2.11. The second kappa shape index (κ2) is 4.62. The van der Waals surface area contributed by atoms with E-state index in [0.717, 1.165) is 33.2 Å². The minimum atomic E-state index is 0.0903. The highest BCUT2D eigenvalue weighted by Gasteiger charge is 2.13. The molecule has 2 aromatic rings. The first-order chi connectivity index (χ1) is 8.41. The normalized spacial score (nSPS) is 10.7. The van der Waals surface area contributed by atoms with E-state index in [2.05, 4.69) is 4.57 Å². The number of ketones is 1. The Kier molecular flexibility index (Phi) is 3.31. The number of Topliss-reactive ketones (excluding diaryl/α,β-unsaturated/α-hetero) is 1. The average molecular weight is 262 g/mol. The topological polar surface area (TPSA) is 22.0 Å².